The Morgan fingerprint density at radius 2 is 1.76 bits per heavy atom. The Balaban J connectivity index is 1.51. The number of carbonyl (C=O) groups is 2. The number of amides is 2. The number of likely N-dealkylation sites (tertiary alicyclic amines) is 1. The lowest BCUT2D eigenvalue weighted by Crippen LogP contribution is -2.41. The van der Waals surface area contributed by atoms with Gasteiger partial charge in [0.15, 0.2) is 0 Å². The van der Waals surface area contributed by atoms with Crippen LogP contribution < -0.4 is 10.2 Å². The van der Waals surface area contributed by atoms with Crippen molar-refractivity contribution >= 4 is 17.5 Å². The molecule has 0 aromatic heterocycles. The molecule has 2 heterocycles. The maximum atomic E-state index is 12.5. The predicted octanol–water partition coefficient (Wildman–Crippen LogP) is 0.254. The molecule has 0 radical (unpaired) electrons. The number of benzene rings is 1. The minimum absolute atomic E-state index is 0.0405. The van der Waals surface area contributed by atoms with Gasteiger partial charge in [-0.1, -0.05) is 18.2 Å². The summed E-state index contributed by atoms with van der Waals surface area (Å²) in [6.45, 7) is 4.01. The van der Waals surface area contributed by atoms with Gasteiger partial charge in [-0.15, -0.1) is 0 Å². The monoisotopic (exact) mass is 347 g/mol. The van der Waals surface area contributed by atoms with Gasteiger partial charge in [0.2, 0.25) is 11.8 Å². The summed E-state index contributed by atoms with van der Waals surface area (Å²) in [6.07, 6.45) is -0.123. The van der Waals surface area contributed by atoms with E-state index in [1.807, 2.05) is 30.3 Å². The van der Waals surface area contributed by atoms with Gasteiger partial charge in [-0.3, -0.25) is 14.5 Å². The predicted molar refractivity (Wildman–Crippen MR) is 93.4 cm³/mol. The molecule has 7 nitrogen and oxygen atoms in total. The van der Waals surface area contributed by atoms with Crippen LogP contribution in [0.1, 0.15) is 6.92 Å². The van der Waals surface area contributed by atoms with E-state index in [4.69, 9.17) is 9.47 Å². The molecule has 7 heteroatoms. The summed E-state index contributed by atoms with van der Waals surface area (Å²) in [7, 11) is 1.79. The first kappa shape index (κ1) is 17.8. The van der Waals surface area contributed by atoms with Crippen molar-refractivity contribution in [2.75, 3.05) is 44.8 Å². The second-order valence-electron chi connectivity index (χ2n) is 6.62. The zero-order valence-electron chi connectivity index (χ0n) is 14.7. The van der Waals surface area contributed by atoms with Gasteiger partial charge in [0.1, 0.15) is 0 Å². The van der Waals surface area contributed by atoms with Gasteiger partial charge in [0.05, 0.1) is 38.0 Å². The van der Waals surface area contributed by atoms with Crippen molar-refractivity contribution in [3.63, 3.8) is 0 Å². The van der Waals surface area contributed by atoms with E-state index in [1.165, 1.54) is 6.92 Å². The van der Waals surface area contributed by atoms with E-state index in [9.17, 15) is 9.59 Å². The molecule has 0 bridgehead atoms. The van der Waals surface area contributed by atoms with Crippen LogP contribution in [0.15, 0.2) is 30.3 Å². The molecule has 0 unspecified atom stereocenters. The topological polar surface area (TPSA) is 71.1 Å². The van der Waals surface area contributed by atoms with E-state index >= 15 is 0 Å². The molecule has 1 aromatic carbocycles. The smallest absolute Gasteiger partial charge is 0.240 e. The van der Waals surface area contributed by atoms with E-state index in [-0.39, 0.29) is 30.1 Å². The first-order valence-corrected chi connectivity index (χ1v) is 8.57. The summed E-state index contributed by atoms with van der Waals surface area (Å²) in [5, 5.41) is 2.82. The third kappa shape index (κ3) is 4.56. The molecule has 2 aliphatic rings. The lowest BCUT2D eigenvalue weighted by molar-refractivity contribution is -0.121. The molecule has 2 aliphatic heterocycles. The van der Waals surface area contributed by atoms with Gasteiger partial charge in [0, 0.05) is 32.7 Å². The molecular formula is C18H25N3O4. The van der Waals surface area contributed by atoms with Crippen LogP contribution in [0.4, 0.5) is 5.69 Å². The van der Waals surface area contributed by atoms with Crippen LogP contribution in [0.25, 0.3) is 0 Å². The highest BCUT2D eigenvalue weighted by Gasteiger charge is 2.38. The van der Waals surface area contributed by atoms with Crippen LogP contribution in [0.2, 0.25) is 0 Å². The minimum Gasteiger partial charge on any atom is -0.372 e. The molecule has 0 spiro atoms. The maximum absolute atomic E-state index is 12.5. The number of ether oxygens (including phenoxy) is 2. The Bertz CT molecular complexity index is 594. The molecule has 2 amide bonds. The standard InChI is InChI=1S/C18H25N3O4/c1-13(22)19-14-11-24-16-8-21(9-17(16)25-12-14)10-18(23)20(2)15-6-4-3-5-7-15/h3-7,14,16-17H,8-12H2,1-2H3,(H,19,22)/t16-,17-/m0/s1. The van der Waals surface area contributed by atoms with E-state index in [1.54, 1.807) is 11.9 Å². The lowest BCUT2D eigenvalue weighted by atomic mass is 10.3. The fourth-order valence-corrected chi connectivity index (χ4v) is 3.26. The molecule has 0 saturated carbocycles. The Morgan fingerprint density at radius 3 is 2.32 bits per heavy atom. The van der Waals surface area contributed by atoms with Gasteiger partial charge in [0.25, 0.3) is 0 Å². The molecule has 3 rings (SSSR count). The summed E-state index contributed by atoms with van der Waals surface area (Å²) in [5.74, 6) is -0.0424. The van der Waals surface area contributed by atoms with Gasteiger partial charge >= 0.3 is 0 Å². The van der Waals surface area contributed by atoms with Crippen LogP contribution >= 0.6 is 0 Å². The first-order chi connectivity index (χ1) is 12.0. The van der Waals surface area contributed by atoms with Gasteiger partial charge in [-0.05, 0) is 12.1 Å². The van der Waals surface area contributed by atoms with Crippen molar-refractivity contribution in [1.82, 2.24) is 10.2 Å². The molecule has 25 heavy (non-hydrogen) atoms. The molecule has 2 fully saturated rings. The maximum Gasteiger partial charge on any atom is 0.240 e. The Hall–Kier alpha value is -1.96. The van der Waals surface area contributed by atoms with Crippen molar-refractivity contribution < 1.29 is 19.1 Å². The fourth-order valence-electron chi connectivity index (χ4n) is 3.26. The van der Waals surface area contributed by atoms with Crippen LogP contribution in [0, 0.1) is 0 Å². The second-order valence-corrected chi connectivity index (χ2v) is 6.62. The number of hydrogen-bond donors (Lipinski definition) is 1. The Labute approximate surface area is 147 Å². The van der Waals surface area contributed by atoms with E-state index < -0.39 is 0 Å². The highest BCUT2D eigenvalue weighted by atomic mass is 16.6. The van der Waals surface area contributed by atoms with Crippen molar-refractivity contribution in [3.05, 3.63) is 30.3 Å². The van der Waals surface area contributed by atoms with Crippen molar-refractivity contribution in [1.29, 1.82) is 0 Å². The fraction of sp³-hybridized carbons (Fsp3) is 0.556. The average molecular weight is 347 g/mol. The van der Waals surface area contributed by atoms with Gasteiger partial charge < -0.3 is 19.7 Å². The normalized spacial score (nSPS) is 24.4. The highest BCUT2D eigenvalue weighted by Crippen LogP contribution is 2.21. The van der Waals surface area contributed by atoms with Gasteiger partial charge in [-0.2, -0.15) is 0 Å². The zero-order chi connectivity index (χ0) is 17.8. The van der Waals surface area contributed by atoms with Crippen molar-refractivity contribution in [2.45, 2.75) is 25.2 Å². The number of carbonyl (C=O) groups excluding carboxylic acids is 2. The van der Waals surface area contributed by atoms with E-state index in [0.717, 1.165) is 5.69 Å². The zero-order valence-corrected chi connectivity index (χ0v) is 14.7. The molecule has 0 aliphatic carbocycles. The largest absolute Gasteiger partial charge is 0.372 e. The third-order valence-corrected chi connectivity index (χ3v) is 4.60. The lowest BCUT2D eigenvalue weighted by Gasteiger charge is -2.22. The number of anilines is 1. The van der Waals surface area contributed by atoms with Crippen LogP contribution in [-0.2, 0) is 19.1 Å². The molecule has 1 N–H and O–H groups in total. The Morgan fingerprint density at radius 1 is 1.16 bits per heavy atom. The van der Waals surface area contributed by atoms with E-state index in [0.29, 0.717) is 32.8 Å². The van der Waals surface area contributed by atoms with Crippen LogP contribution in [0.3, 0.4) is 0 Å². The second kappa shape index (κ2) is 7.95. The van der Waals surface area contributed by atoms with Crippen molar-refractivity contribution in [3.8, 4) is 0 Å². The molecular weight excluding hydrogens is 322 g/mol. The Kier molecular flexibility index (Phi) is 5.67. The van der Waals surface area contributed by atoms with Gasteiger partial charge in [-0.25, -0.2) is 0 Å². The highest BCUT2D eigenvalue weighted by molar-refractivity contribution is 5.94. The summed E-state index contributed by atoms with van der Waals surface area (Å²) in [6, 6.07) is 9.49. The third-order valence-electron chi connectivity index (χ3n) is 4.60. The number of rotatable bonds is 4. The number of fused-ring (bicyclic) bond motifs is 1. The number of para-hydroxylation sites is 1. The average Bonchev–Trinajstić information content (AvgIpc) is 2.89. The van der Waals surface area contributed by atoms with Crippen LogP contribution in [-0.4, -0.2) is 74.9 Å². The van der Waals surface area contributed by atoms with E-state index in [2.05, 4.69) is 10.2 Å². The summed E-state index contributed by atoms with van der Waals surface area (Å²) < 4.78 is 11.8. The first-order valence-electron chi connectivity index (χ1n) is 8.57. The summed E-state index contributed by atoms with van der Waals surface area (Å²) in [4.78, 5) is 27.4. The quantitative estimate of drug-likeness (QED) is 0.846. The molecule has 136 valence electrons. The minimum atomic E-state index is -0.109. The summed E-state index contributed by atoms with van der Waals surface area (Å²) in [5.41, 5.74) is 0.881. The number of nitrogens with zero attached hydrogens (tertiary/aromatic N) is 2. The summed E-state index contributed by atoms with van der Waals surface area (Å²) >= 11 is 0. The number of likely N-dealkylation sites (N-methyl/N-ethyl adjacent to an activating group) is 1. The van der Waals surface area contributed by atoms with Crippen molar-refractivity contribution in [2.24, 2.45) is 0 Å². The van der Waals surface area contributed by atoms with Crippen LogP contribution in [0.5, 0.6) is 0 Å². The molecule has 1 aromatic rings. The molecule has 2 saturated heterocycles. The SMILES string of the molecule is CC(=O)NC1CO[C@H]2CN(CC(=O)N(C)c3ccccc3)C[C@@H]2OC1. The number of hydrogen-bond acceptors (Lipinski definition) is 5. The number of nitrogens with one attached hydrogen (secondary N) is 1. The molecule has 2 atom stereocenters.